The molecule has 0 aliphatic carbocycles. The predicted octanol–water partition coefficient (Wildman–Crippen LogP) is 5.04. The predicted molar refractivity (Wildman–Crippen MR) is 119 cm³/mol. The summed E-state index contributed by atoms with van der Waals surface area (Å²) in [5.41, 5.74) is 2.51. The number of halogens is 2. The molecule has 0 radical (unpaired) electrons. The van der Waals surface area contributed by atoms with Crippen LogP contribution >= 0.6 is 12.2 Å². The van der Waals surface area contributed by atoms with Crippen molar-refractivity contribution >= 4 is 22.9 Å². The summed E-state index contributed by atoms with van der Waals surface area (Å²) in [6.07, 6.45) is 0. The Morgan fingerprint density at radius 3 is 2.17 bits per heavy atom. The minimum absolute atomic E-state index is 0.190. The summed E-state index contributed by atoms with van der Waals surface area (Å²) in [4.78, 5) is 5.00. The first-order chi connectivity index (χ1) is 14.6. The van der Waals surface area contributed by atoms with Gasteiger partial charge >= 0.3 is 0 Å². The van der Waals surface area contributed by atoms with Gasteiger partial charge < -0.3 is 14.5 Å². The molecule has 30 heavy (non-hydrogen) atoms. The van der Waals surface area contributed by atoms with Gasteiger partial charge in [0.05, 0.1) is 5.69 Å². The Balaban J connectivity index is 1.32. The molecule has 6 heteroatoms. The minimum Gasteiger partial charge on any atom is -0.489 e. The lowest BCUT2D eigenvalue weighted by molar-refractivity contribution is 0.306. The molecule has 1 aliphatic rings. The van der Waals surface area contributed by atoms with E-state index < -0.39 is 0 Å². The lowest BCUT2D eigenvalue weighted by atomic mass is 10.1. The molecule has 0 atom stereocenters. The van der Waals surface area contributed by atoms with Gasteiger partial charge in [-0.05, 0) is 54.1 Å². The molecule has 1 heterocycles. The number of hydrogen-bond donors (Lipinski definition) is 0. The highest BCUT2D eigenvalue weighted by molar-refractivity contribution is 7.80. The maximum absolute atomic E-state index is 14.0. The summed E-state index contributed by atoms with van der Waals surface area (Å²) in [6.45, 7) is 3.31. The number of para-hydroxylation sites is 1. The summed E-state index contributed by atoms with van der Waals surface area (Å²) >= 11 is 5.68. The van der Waals surface area contributed by atoms with E-state index in [0.29, 0.717) is 12.3 Å². The van der Waals surface area contributed by atoms with E-state index in [9.17, 15) is 8.78 Å². The maximum Gasteiger partial charge on any atom is 0.146 e. The fraction of sp³-hybridized carbons (Fsp3) is 0.208. The van der Waals surface area contributed by atoms with Gasteiger partial charge in [0, 0.05) is 31.7 Å². The number of piperazine rings is 1. The van der Waals surface area contributed by atoms with Gasteiger partial charge in [-0.15, -0.1) is 0 Å². The zero-order valence-electron chi connectivity index (χ0n) is 16.4. The van der Waals surface area contributed by atoms with E-state index in [2.05, 4.69) is 9.80 Å². The molecule has 0 spiro atoms. The molecule has 154 valence electrons. The van der Waals surface area contributed by atoms with Gasteiger partial charge in [0.15, 0.2) is 0 Å². The van der Waals surface area contributed by atoms with Crippen molar-refractivity contribution in [2.45, 2.75) is 6.61 Å². The normalized spacial score (nSPS) is 13.9. The third kappa shape index (κ3) is 4.76. The SMILES string of the molecule is Fc1ccc(COc2ccc(C(=S)N3CCN(c4ccccc4F)CC3)cc2)cc1. The van der Waals surface area contributed by atoms with E-state index in [1.54, 1.807) is 18.2 Å². The van der Waals surface area contributed by atoms with Gasteiger partial charge in [-0.1, -0.05) is 36.5 Å². The molecule has 3 nitrogen and oxygen atoms in total. The molecule has 4 rings (SSSR count). The molecular formula is C24H22F2N2OS. The van der Waals surface area contributed by atoms with Gasteiger partial charge in [0.1, 0.15) is 29.0 Å². The summed E-state index contributed by atoms with van der Waals surface area (Å²) in [7, 11) is 0. The number of ether oxygens (including phenoxy) is 1. The first-order valence-corrected chi connectivity index (χ1v) is 10.3. The molecule has 1 saturated heterocycles. The van der Waals surface area contributed by atoms with Crippen LogP contribution in [0.2, 0.25) is 0 Å². The second kappa shape index (κ2) is 9.22. The van der Waals surface area contributed by atoms with Crippen LogP contribution < -0.4 is 9.64 Å². The fourth-order valence-corrected chi connectivity index (χ4v) is 3.80. The van der Waals surface area contributed by atoms with Crippen molar-refractivity contribution in [1.29, 1.82) is 0 Å². The molecule has 0 amide bonds. The number of rotatable bonds is 5. The summed E-state index contributed by atoms with van der Waals surface area (Å²) in [6, 6.07) is 20.8. The highest BCUT2D eigenvalue weighted by atomic mass is 32.1. The highest BCUT2D eigenvalue weighted by Gasteiger charge is 2.21. The van der Waals surface area contributed by atoms with Crippen molar-refractivity contribution in [2.75, 3.05) is 31.1 Å². The number of nitrogens with zero attached hydrogens (tertiary/aromatic N) is 2. The molecule has 0 unspecified atom stereocenters. The van der Waals surface area contributed by atoms with E-state index in [0.717, 1.165) is 48.0 Å². The standard InChI is InChI=1S/C24H22F2N2OS/c25-20-9-5-18(6-10-20)17-29-21-11-7-19(8-12-21)24(30)28-15-13-27(14-16-28)23-4-2-1-3-22(23)26/h1-12H,13-17H2. The Morgan fingerprint density at radius 2 is 1.50 bits per heavy atom. The maximum atomic E-state index is 14.0. The van der Waals surface area contributed by atoms with Crippen molar-refractivity contribution in [2.24, 2.45) is 0 Å². The van der Waals surface area contributed by atoms with E-state index in [-0.39, 0.29) is 11.6 Å². The molecule has 1 fully saturated rings. The number of thiocarbonyl (C=S) groups is 1. The number of anilines is 1. The van der Waals surface area contributed by atoms with E-state index in [1.165, 1.54) is 18.2 Å². The first kappa shape index (κ1) is 20.3. The Bertz CT molecular complexity index is 1000. The Morgan fingerprint density at radius 1 is 0.833 bits per heavy atom. The van der Waals surface area contributed by atoms with Crippen molar-refractivity contribution in [3.63, 3.8) is 0 Å². The van der Waals surface area contributed by atoms with Crippen LogP contribution in [0.25, 0.3) is 0 Å². The van der Waals surface area contributed by atoms with Crippen LogP contribution in [0.1, 0.15) is 11.1 Å². The molecule has 0 saturated carbocycles. The van der Waals surface area contributed by atoms with Gasteiger partial charge in [0.25, 0.3) is 0 Å². The van der Waals surface area contributed by atoms with Crippen LogP contribution in [0.4, 0.5) is 14.5 Å². The Hall–Kier alpha value is -2.99. The van der Waals surface area contributed by atoms with Crippen LogP contribution in [0.3, 0.4) is 0 Å². The van der Waals surface area contributed by atoms with Crippen LogP contribution in [-0.2, 0) is 6.61 Å². The monoisotopic (exact) mass is 424 g/mol. The number of benzene rings is 3. The van der Waals surface area contributed by atoms with Crippen LogP contribution in [0, 0.1) is 11.6 Å². The zero-order valence-corrected chi connectivity index (χ0v) is 17.2. The summed E-state index contributed by atoms with van der Waals surface area (Å²) in [5.74, 6) is 0.284. The molecule has 0 bridgehead atoms. The van der Waals surface area contributed by atoms with E-state index >= 15 is 0 Å². The van der Waals surface area contributed by atoms with E-state index in [4.69, 9.17) is 17.0 Å². The zero-order chi connectivity index (χ0) is 20.9. The number of hydrogen-bond acceptors (Lipinski definition) is 3. The van der Waals surface area contributed by atoms with Crippen molar-refractivity contribution in [1.82, 2.24) is 4.90 Å². The minimum atomic E-state index is -0.258. The van der Waals surface area contributed by atoms with Crippen LogP contribution in [0.15, 0.2) is 72.8 Å². The van der Waals surface area contributed by atoms with Crippen molar-refractivity contribution in [3.8, 4) is 5.75 Å². The van der Waals surface area contributed by atoms with Crippen LogP contribution in [0.5, 0.6) is 5.75 Å². The molecule has 0 N–H and O–H groups in total. The summed E-state index contributed by atoms with van der Waals surface area (Å²) < 4.78 is 32.7. The Labute approximate surface area is 180 Å². The summed E-state index contributed by atoms with van der Waals surface area (Å²) in [5, 5.41) is 0. The second-order valence-electron chi connectivity index (χ2n) is 7.17. The molecule has 1 aliphatic heterocycles. The average molecular weight is 425 g/mol. The first-order valence-electron chi connectivity index (χ1n) is 9.86. The van der Waals surface area contributed by atoms with Gasteiger partial charge in [-0.2, -0.15) is 0 Å². The van der Waals surface area contributed by atoms with Crippen molar-refractivity contribution < 1.29 is 13.5 Å². The smallest absolute Gasteiger partial charge is 0.146 e. The van der Waals surface area contributed by atoms with Gasteiger partial charge in [0.2, 0.25) is 0 Å². The quantitative estimate of drug-likeness (QED) is 0.533. The molecular weight excluding hydrogens is 402 g/mol. The molecule has 0 aromatic heterocycles. The van der Waals surface area contributed by atoms with Crippen molar-refractivity contribution in [3.05, 3.63) is 95.6 Å². The molecule has 3 aromatic rings. The highest BCUT2D eigenvalue weighted by Crippen LogP contribution is 2.22. The largest absolute Gasteiger partial charge is 0.489 e. The lowest BCUT2D eigenvalue weighted by Crippen LogP contribution is -2.48. The Kier molecular flexibility index (Phi) is 6.23. The third-order valence-corrected chi connectivity index (χ3v) is 5.67. The second-order valence-corrected chi connectivity index (χ2v) is 7.56. The average Bonchev–Trinajstić information content (AvgIpc) is 2.79. The fourth-order valence-electron chi connectivity index (χ4n) is 3.48. The van der Waals surface area contributed by atoms with Gasteiger partial charge in [-0.25, -0.2) is 8.78 Å². The topological polar surface area (TPSA) is 15.7 Å². The van der Waals surface area contributed by atoms with E-state index in [1.807, 2.05) is 36.4 Å². The molecule has 3 aromatic carbocycles. The van der Waals surface area contributed by atoms with Gasteiger partial charge in [-0.3, -0.25) is 0 Å². The third-order valence-electron chi connectivity index (χ3n) is 5.18. The van der Waals surface area contributed by atoms with Crippen LogP contribution in [-0.4, -0.2) is 36.1 Å². The lowest BCUT2D eigenvalue weighted by Gasteiger charge is -2.37.